The fraction of sp³-hybridized carbons (Fsp3) is 0.462. The minimum Gasteiger partial charge on any atom is -0.352 e. The van der Waals surface area contributed by atoms with E-state index in [9.17, 15) is 17.6 Å². The van der Waals surface area contributed by atoms with Gasteiger partial charge >= 0.3 is 0 Å². The van der Waals surface area contributed by atoms with Crippen LogP contribution in [0.3, 0.4) is 0 Å². The van der Waals surface area contributed by atoms with Crippen molar-refractivity contribution in [1.29, 1.82) is 0 Å². The zero-order valence-electron chi connectivity index (χ0n) is 11.3. The quantitative estimate of drug-likeness (QED) is 0.819. The smallest absolute Gasteiger partial charge is 0.261 e. The summed E-state index contributed by atoms with van der Waals surface area (Å²) in [4.78, 5) is 11.5. The van der Waals surface area contributed by atoms with Crippen molar-refractivity contribution < 1.29 is 17.6 Å². The van der Waals surface area contributed by atoms with Gasteiger partial charge in [-0.15, -0.1) is 0 Å². The van der Waals surface area contributed by atoms with Gasteiger partial charge in [0.2, 0.25) is 0 Å². The van der Waals surface area contributed by atoms with E-state index in [0.717, 1.165) is 31.0 Å². The molecule has 0 saturated heterocycles. The van der Waals surface area contributed by atoms with Gasteiger partial charge < -0.3 is 5.32 Å². The van der Waals surface area contributed by atoms with Crippen molar-refractivity contribution in [2.45, 2.75) is 31.6 Å². The molecule has 1 rings (SSSR count). The van der Waals surface area contributed by atoms with Gasteiger partial charge in [0.25, 0.3) is 15.0 Å². The summed E-state index contributed by atoms with van der Waals surface area (Å²) in [6.45, 7) is 4.49. The fourth-order valence-corrected chi connectivity index (χ4v) is 2.50. The Morgan fingerprint density at radius 1 is 1.35 bits per heavy atom. The van der Waals surface area contributed by atoms with Crippen molar-refractivity contribution in [2.24, 2.45) is 5.92 Å². The number of halogens is 2. The molecule has 0 aliphatic carbocycles. The Hall–Kier alpha value is -1.14. The van der Waals surface area contributed by atoms with E-state index < -0.39 is 20.8 Å². The average Bonchev–Trinajstić information content (AvgIpc) is 2.38. The summed E-state index contributed by atoms with van der Waals surface area (Å²) in [6, 6.07) is 2.97. The zero-order valence-corrected chi connectivity index (χ0v) is 12.9. The highest BCUT2D eigenvalue weighted by atomic mass is 35.7. The lowest BCUT2D eigenvalue weighted by molar-refractivity contribution is 0.0942. The van der Waals surface area contributed by atoms with E-state index in [0.29, 0.717) is 12.5 Å². The molecule has 0 spiro atoms. The Morgan fingerprint density at radius 2 is 1.95 bits per heavy atom. The molecule has 0 aliphatic heterocycles. The van der Waals surface area contributed by atoms with E-state index in [1.165, 1.54) is 0 Å². The first-order valence-corrected chi connectivity index (χ1v) is 8.62. The summed E-state index contributed by atoms with van der Waals surface area (Å²) in [5.41, 5.74) is -0.194. The van der Waals surface area contributed by atoms with Crippen LogP contribution in [0.5, 0.6) is 0 Å². The second-order valence-electron chi connectivity index (χ2n) is 4.47. The van der Waals surface area contributed by atoms with E-state index in [1.807, 2.05) is 13.8 Å². The SMILES string of the molecule is CCC(CC)CNC(=O)c1ccc(S(=O)(=O)Cl)cc1F. The number of hydrogen-bond donors (Lipinski definition) is 1. The zero-order chi connectivity index (χ0) is 15.3. The largest absolute Gasteiger partial charge is 0.352 e. The first-order valence-electron chi connectivity index (χ1n) is 6.32. The van der Waals surface area contributed by atoms with Crippen LogP contribution in [0.15, 0.2) is 23.1 Å². The van der Waals surface area contributed by atoms with Crippen LogP contribution in [0.1, 0.15) is 37.0 Å². The van der Waals surface area contributed by atoms with Crippen molar-refractivity contribution in [3.8, 4) is 0 Å². The third-order valence-electron chi connectivity index (χ3n) is 3.17. The Kier molecular flexibility index (Phi) is 5.95. The highest BCUT2D eigenvalue weighted by molar-refractivity contribution is 8.13. The topological polar surface area (TPSA) is 63.2 Å². The van der Waals surface area contributed by atoms with Crippen molar-refractivity contribution >= 4 is 25.6 Å². The Labute approximate surface area is 122 Å². The van der Waals surface area contributed by atoms with Crippen LogP contribution in [0.25, 0.3) is 0 Å². The summed E-state index contributed by atoms with van der Waals surface area (Å²) in [5, 5.41) is 2.64. The lowest BCUT2D eigenvalue weighted by Crippen LogP contribution is -2.29. The molecule has 0 aliphatic rings. The molecule has 0 aromatic heterocycles. The number of amides is 1. The molecule has 0 unspecified atom stereocenters. The van der Waals surface area contributed by atoms with E-state index in [-0.39, 0.29) is 10.5 Å². The molecule has 0 fully saturated rings. The monoisotopic (exact) mass is 321 g/mol. The van der Waals surface area contributed by atoms with Crippen molar-refractivity contribution in [3.63, 3.8) is 0 Å². The predicted molar refractivity (Wildman–Crippen MR) is 75.8 cm³/mol. The van der Waals surface area contributed by atoms with E-state index in [1.54, 1.807) is 0 Å². The second-order valence-corrected chi connectivity index (χ2v) is 7.04. The molecule has 4 nitrogen and oxygen atoms in total. The van der Waals surface area contributed by atoms with E-state index in [2.05, 4.69) is 5.32 Å². The number of carbonyl (C=O) groups is 1. The molecule has 0 atom stereocenters. The number of benzene rings is 1. The highest BCUT2D eigenvalue weighted by Gasteiger charge is 2.17. The third-order valence-corrected chi connectivity index (χ3v) is 4.52. The third kappa shape index (κ3) is 4.45. The van der Waals surface area contributed by atoms with E-state index >= 15 is 0 Å². The van der Waals surface area contributed by atoms with Gasteiger partial charge in [0, 0.05) is 17.2 Å². The molecule has 1 aromatic carbocycles. The highest BCUT2D eigenvalue weighted by Crippen LogP contribution is 2.18. The summed E-state index contributed by atoms with van der Waals surface area (Å²) in [5.74, 6) is -1.13. The van der Waals surface area contributed by atoms with Crippen LogP contribution >= 0.6 is 10.7 Å². The number of nitrogens with one attached hydrogen (secondary N) is 1. The van der Waals surface area contributed by atoms with Crippen molar-refractivity contribution in [3.05, 3.63) is 29.6 Å². The van der Waals surface area contributed by atoms with Crippen molar-refractivity contribution in [1.82, 2.24) is 5.32 Å². The molecule has 0 heterocycles. The molecular formula is C13H17ClFNO3S. The normalized spacial score (nSPS) is 11.7. The number of carbonyl (C=O) groups excluding carboxylic acids is 1. The van der Waals surface area contributed by atoms with Gasteiger partial charge in [-0.3, -0.25) is 4.79 Å². The maximum absolute atomic E-state index is 13.7. The molecule has 0 saturated carbocycles. The Bertz CT molecular complexity index is 585. The van der Waals surface area contributed by atoms with Crippen LogP contribution in [-0.4, -0.2) is 20.9 Å². The lowest BCUT2D eigenvalue weighted by atomic mass is 10.0. The van der Waals surface area contributed by atoms with Crippen LogP contribution in [-0.2, 0) is 9.05 Å². The van der Waals surface area contributed by atoms with Gasteiger partial charge in [-0.05, 0) is 24.1 Å². The van der Waals surface area contributed by atoms with E-state index in [4.69, 9.17) is 10.7 Å². The van der Waals surface area contributed by atoms with Crippen molar-refractivity contribution in [2.75, 3.05) is 6.54 Å². The standard InChI is InChI=1S/C13H17ClFNO3S/c1-3-9(4-2)8-16-13(17)11-6-5-10(7-12(11)15)20(14,18)19/h5-7,9H,3-4,8H2,1-2H3,(H,16,17). The van der Waals surface area contributed by atoms with Gasteiger partial charge in [-0.2, -0.15) is 0 Å². The van der Waals surface area contributed by atoms with Crippen LogP contribution in [0.4, 0.5) is 4.39 Å². The number of hydrogen-bond acceptors (Lipinski definition) is 3. The summed E-state index contributed by atoms with van der Waals surface area (Å²) >= 11 is 0. The first kappa shape index (κ1) is 16.9. The summed E-state index contributed by atoms with van der Waals surface area (Å²) in [7, 11) is 1.11. The molecule has 0 radical (unpaired) electrons. The summed E-state index contributed by atoms with van der Waals surface area (Å²) in [6.07, 6.45) is 1.84. The predicted octanol–water partition coefficient (Wildman–Crippen LogP) is 2.92. The molecule has 20 heavy (non-hydrogen) atoms. The van der Waals surface area contributed by atoms with Gasteiger partial charge in [-0.1, -0.05) is 26.7 Å². The van der Waals surface area contributed by atoms with Crippen LogP contribution in [0, 0.1) is 11.7 Å². The second kappa shape index (κ2) is 7.04. The minimum atomic E-state index is -4.00. The van der Waals surface area contributed by atoms with Gasteiger partial charge in [0.15, 0.2) is 0 Å². The van der Waals surface area contributed by atoms with Gasteiger partial charge in [-0.25, -0.2) is 12.8 Å². The Morgan fingerprint density at radius 3 is 2.40 bits per heavy atom. The summed E-state index contributed by atoms with van der Waals surface area (Å²) < 4.78 is 35.8. The lowest BCUT2D eigenvalue weighted by Gasteiger charge is -2.13. The van der Waals surface area contributed by atoms with Crippen LogP contribution in [0.2, 0.25) is 0 Å². The first-order chi connectivity index (χ1) is 9.29. The molecule has 1 N–H and O–H groups in total. The van der Waals surface area contributed by atoms with Crippen LogP contribution < -0.4 is 5.32 Å². The maximum atomic E-state index is 13.7. The van der Waals surface area contributed by atoms with Gasteiger partial charge in [0.1, 0.15) is 5.82 Å². The average molecular weight is 322 g/mol. The molecule has 7 heteroatoms. The minimum absolute atomic E-state index is 0.194. The maximum Gasteiger partial charge on any atom is 0.261 e. The molecule has 112 valence electrons. The van der Waals surface area contributed by atoms with Gasteiger partial charge in [0.05, 0.1) is 10.5 Å². The molecule has 0 bridgehead atoms. The molecule has 1 aromatic rings. The molecule has 1 amide bonds. The Balaban J connectivity index is 2.85. The molecular weight excluding hydrogens is 305 g/mol. The fourth-order valence-electron chi connectivity index (χ4n) is 1.74. The number of rotatable bonds is 6.